The highest BCUT2D eigenvalue weighted by atomic mass is 32.2. The molecule has 1 aliphatic rings. The third-order valence-corrected chi connectivity index (χ3v) is 4.14. The van der Waals surface area contributed by atoms with E-state index < -0.39 is 0 Å². The quantitative estimate of drug-likeness (QED) is 0.485. The van der Waals surface area contributed by atoms with Gasteiger partial charge in [-0.15, -0.1) is 11.8 Å². The van der Waals surface area contributed by atoms with Gasteiger partial charge in [-0.1, -0.05) is 57.3 Å². The number of hydrogen-bond donors (Lipinski definition) is 0. The predicted octanol–water partition coefficient (Wildman–Crippen LogP) is 5.87. The molecule has 0 fully saturated rings. The minimum absolute atomic E-state index is 1.12. The first-order valence-electron chi connectivity index (χ1n) is 6.99. The van der Waals surface area contributed by atoms with Gasteiger partial charge >= 0.3 is 0 Å². The fourth-order valence-electron chi connectivity index (χ4n) is 1.94. The fourth-order valence-corrected chi connectivity index (χ4v) is 2.91. The van der Waals surface area contributed by atoms with Gasteiger partial charge < -0.3 is 0 Å². The molecule has 0 atom stereocenters. The second kappa shape index (κ2) is 9.58. The smallest absolute Gasteiger partial charge is 0.00259 e. The van der Waals surface area contributed by atoms with Crippen molar-refractivity contribution < 1.29 is 0 Å². The highest BCUT2D eigenvalue weighted by Crippen LogP contribution is 2.22. The molecule has 0 amide bonds. The van der Waals surface area contributed by atoms with Crippen LogP contribution in [0.1, 0.15) is 58.8 Å². The highest BCUT2D eigenvalue weighted by molar-refractivity contribution is 8.02. The molecular formula is C16H26S. The zero-order valence-electron chi connectivity index (χ0n) is 11.4. The zero-order chi connectivity index (χ0) is 12.3. The van der Waals surface area contributed by atoms with E-state index in [9.17, 15) is 0 Å². The van der Waals surface area contributed by atoms with E-state index >= 15 is 0 Å². The number of hydrogen-bond acceptors (Lipinski definition) is 1. The van der Waals surface area contributed by atoms with E-state index in [-0.39, 0.29) is 0 Å². The van der Waals surface area contributed by atoms with Crippen molar-refractivity contribution in [2.45, 2.75) is 58.8 Å². The lowest BCUT2D eigenvalue weighted by Crippen LogP contribution is -1.88. The molecule has 0 unspecified atom stereocenters. The van der Waals surface area contributed by atoms with Crippen LogP contribution in [0.2, 0.25) is 0 Å². The van der Waals surface area contributed by atoms with Crippen molar-refractivity contribution >= 4 is 11.8 Å². The molecular weight excluding hydrogens is 224 g/mol. The number of thioether (sulfide) groups is 1. The van der Waals surface area contributed by atoms with Crippen molar-refractivity contribution in [2.75, 3.05) is 5.75 Å². The first-order valence-corrected chi connectivity index (χ1v) is 8.04. The lowest BCUT2D eigenvalue weighted by Gasteiger charge is -2.08. The number of unbranched alkanes of at least 4 members (excludes halogenated alkanes) is 5. The normalized spacial score (nSPS) is 17.5. The maximum Gasteiger partial charge on any atom is -0.00259 e. The van der Waals surface area contributed by atoms with Crippen LogP contribution in [0.15, 0.2) is 34.8 Å². The third kappa shape index (κ3) is 6.78. The topological polar surface area (TPSA) is 0 Å². The lowest BCUT2D eigenvalue weighted by atomic mass is 10.0. The van der Waals surface area contributed by atoms with Crippen molar-refractivity contribution in [1.82, 2.24) is 0 Å². The van der Waals surface area contributed by atoms with E-state index in [0.717, 1.165) is 6.42 Å². The van der Waals surface area contributed by atoms with Gasteiger partial charge in [0.2, 0.25) is 0 Å². The molecule has 17 heavy (non-hydrogen) atoms. The third-order valence-electron chi connectivity index (χ3n) is 3.17. The van der Waals surface area contributed by atoms with E-state index in [0.29, 0.717) is 0 Å². The number of rotatable bonds is 8. The van der Waals surface area contributed by atoms with E-state index in [4.69, 9.17) is 0 Å². The van der Waals surface area contributed by atoms with Gasteiger partial charge in [0, 0.05) is 0 Å². The van der Waals surface area contributed by atoms with Gasteiger partial charge in [-0.25, -0.2) is 0 Å². The molecule has 0 saturated heterocycles. The molecule has 0 nitrogen and oxygen atoms in total. The summed E-state index contributed by atoms with van der Waals surface area (Å²) < 4.78 is 0. The molecule has 0 N–H and O–H groups in total. The summed E-state index contributed by atoms with van der Waals surface area (Å²) in [5, 5.41) is 2.36. The Morgan fingerprint density at radius 3 is 2.71 bits per heavy atom. The second-order valence-corrected chi connectivity index (χ2v) is 5.74. The predicted molar refractivity (Wildman–Crippen MR) is 81.4 cm³/mol. The average molecular weight is 250 g/mol. The van der Waals surface area contributed by atoms with Crippen molar-refractivity contribution in [2.24, 2.45) is 0 Å². The maximum absolute atomic E-state index is 2.36. The summed E-state index contributed by atoms with van der Waals surface area (Å²) in [6, 6.07) is 0. The van der Waals surface area contributed by atoms with Crippen molar-refractivity contribution in [1.29, 1.82) is 0 Å². The molecule has 0 bridgehead atoms. The van der Waals surface area contributed by atoms with Crippen LogP contribution in [-0.2, 0) is 0 Å². The lowest BCUT2D eigenvalue weighted by molar-refractivity contribution is 0.627. The molecule has 1 heteroatoms. The molecule has 1 rings (SSSR count). The molecule has 0 aromatic carbocycles. The van der Waals surface area contributed by atoms with Gasteiger partial charge in [0.05, 0.1) is 0 Å². The Morgan fingerprint density at radius 1 is 1.18 bits per heavy atom. The van der Waals surface area contributed by atoms with Gasteiger partial charge in [0.15, 0.2) is 0 Å². The largest absolute Gasteiger partial charge is 0.134 e. The Kier molecular flexibility index (Phi) is 8.25. The van der Waals surface area contributed by atoms with Gasteiger partial charge in [-0.3, -0.25) is 0 Å². The molecule has 0 heterocycles. The van der Waals surface area contributed by atoms with E-state index in [1.165, 1.54) is 55.4 Å². The Labute approximate surface area is 111 Å². The molecule has 0 aromatic rings. The van der Waals surface area contributed by atoms with Crippen LogP contribution < -0.4 is 0 Å². The summed E-state index contributed by atoms with van der Waals surface area (Å²) in [5.74, 6) is 1.28. The molecule has 0 spiro atoms. The van der Waals surface area contributed by atoms with E-state index in [1.807, 2.05) is 11.8 Å². The summed E-state index contributed by atoms with van der Waals surface area (Å²) in [6.45, 7) is 4.48. The fraction of sp³-hybridized carbons (Fsp3) is 0.625. The Bertz CT molecular complexity index is 284. The summed E-state index contributed by atoms with van der Waals surface area (Å²) in [4.78, 5) is 0. The zero-order valence-corrected chi connectivity index (χ0v) is 12.2. The van der Waals surface area contributed by atoms with Gasteiger partial charge in [-0.05, 0) is 42.1 Å². The van der Waals surface area contributed by atoms with Crippen LogP contribution >= 0.6 is 11.8 Å². The van der Waals surface area contributed by atoms with Crippen LogP contribution in [-0.4, -0.2) is 5.75 Å². The highest BCUT2D eigenvalue weighted by Gasteiger charge is 2.00. The second-order valence-electron chi connectivity index (χ2n) is 4.76. The molecule has 0 aliphatic heterocycles. The molecule has 1 aliphatic carbocycles. The molecule has 0 aromatic heterocycles. The van der Waals surface area contributed by atoms with Crippen LogP contribution in [0.5, 0.6) is 0 Å². The summed E-state index contributed by atoms with van der Waals surface area (Å²) in [7, 11) is 0. The van der Waals surface area contributed by atoms with Gasteiger partial charge in [-0.2, -0.15) is 0 Å². The standard InChI is InChI=1S/C16H26S/c1-3-4-5-6-7-10-13-17-14-16-12-9-8-11-15(16)2/h8-9,11,14H,3-7,10,12-13H2,1-2H3. The first kappa shape index (κ1) is 14.6. The van der Waals surface area contributed by atoms with Crippen molar-refractivity contribution in [3.8, 4) is 0 Å². The molecule has 96 valence electrons. The first-order chi connectivity index (χ1) is 8.34. The van der Waals surface area contributed by atoms with Crippen LogP contribution in [0.4, 0.5) is 0 Å². The Balaban J connectivity index is 2.02. The summed E-state index contributed by atoms with van der Waals surface area (Å²) in [6.07, 6.45) is 16.1. The van der Waals surface area contributed by atoms with E-state index in [2.05, 4.69) is 37.5 Å². The molecule has 0 saturated carbocycles. The minimum atomic E-state index is 1.12. The van der Waals surface area contributed by atoms with Crippen molar-refractivity contribution in [3.63, 3.8) is 0 Å². The van der Waals surface area contributed by atoms with E-state index in [1.54, 1.807) is 0 Å². The van der Waals surface area contributed by atoms with Crippen LogP contribution in [0, 0.1) is 0 Å². The minimum Gasteiger partial charge on any atom is -0.134 e. The Hall–Kier alpha value is -0.430. The average Bonchev–Trinajstić information content (AvgIpc) is 2.35. The number of allylic oxidation sites excluding steroid dienone is 5. The summed E-state index contributed by atoms with van der Waals surface area (Å²) in [5.41, 5.74) is 2.94. The maximum atomic E-state index is 2.36. The Morgan fingerprint density at radius 2 is 1.94 bits per heavy atom. The van der Waals surface area contributed by atoms with Gasteiger partial charge in [0.25, 0.3) is 0 Å². The van der Waals surface area contributed by atoms with Crippen LogP contribution in [0.3, 0.4) is 0 Å². The SMILES string of the molecule is CCCCCCCCSC=C1CC=CC=C1C. The van der Waals surface area contributed by atoms with Crippen LogP contribution in [0.25, 0.3) is 0 Å². The monoisotopic (exact) mass is 250 g/mol. The van der Waals surface area contributed by atoms with Gasteiger partial charge in [0.1, 0.15) is 0 Å². The summed E-state index contributed by atoms with van der Waals surface area (Å²) >= 11 is 1.99. The molecule has 0 radical (unpaired) electrons. The van der Waals surface area contributed by atoms with Crippen molar-refractivity contribution in [3.05, 3.63) is 34.8 Å².